The third-order valence-corrected chi connectivity index (χ3v) is 4.63. The molecule has 0 aliphatic carbocycles. The molecule has 0 aliphatic heterocycles. The third kappa shape index (κ3) is 4.98. The molecule has 3 aromatic carbocycles. The van der Waals surface area contributed by atoms with Crippen LogP contribution >= 0.6 is 0 Å². The highest BCUT2D eigenvalue weighted by molar-refractivity contribution is 5.79. The smallest absolute Gasteiger partial charge is 0.344 e. The average molecular weight is 430 g/mol. The van der Waals surface area contributed by atoms with Gasteiger partial charge in [0.25, 0.3) is 0 Å². The second-order valence-corrected chi connectivity index (χ2v) is 7.41. The van der Waals surface area contributed by atoms with Crippen LogP contribution < -0.4 is 14.9 Å². The van der Waals surface area contributed by atoms with Crippen LogP contribution in [-0.2, 0) is 9.53 Å². The van der Waals surface area contributed by atoms with Crippen molar-refractivity contribution in [2.45, 2.75) is 20.0 Å². The molecule has 4 rings (SSSR count). The van der Waals surface area contributed by atoms with E-state index >= 15 is 0 Å². The van der Waals surface area contributed by atoms with Crippen molar-refractivity contribution in [2.75, 3.05) is 6.61 Å². The summed E-state index contributed by atoms with van der Waals surface area (Å²) >= 11 is 0. The van der Waals surface area contributed by atoms with Crippen LogP contribution in [0.1, 0.15) is 13.8 Å². The van der Waals surface area contributed by atoms with E-state index in [-0.39, 0.29) is 23.9 Å². The van der Waals surface area contributed by atoms with E-state index in [1.807, 2.05) is 42.5 Å². The lowest BCUT2D eigenvalue weighted by atomic mass is 10.1. The summed E-state index contributed by atoms with van der Waals surface area (Å²) in [7, 11) is 0. The molecule has 0 unspecified atom stereocenters. The van der Waals surface area contributed by atoms with Gasteiger partial charge in [0, 0.05) is 6.07 Å². The van der Waals surface area contributed by atoms with Crippen molar-refractivity contribution in [3.05, 3.63) is 89.3 Å². The van der Waals surface area contributed by atoms with Gasteiger partial charge in [0.2, 0.25) is 11.2 Å². The van der Waals surface area contributed by atoms with Gasteiger partial charge in [-0.25, -0.2) is 4.79 Å². The van der Waals surface area contributed by atoms with Crippen molar-refractivity contribution in [3.63, 3.8) is 0 Å². The topological polar surface area (TPSA) is 75.0 Å². The van der Waals surface area contributed by atoms with E-state index in [1.54, 1.807) is 44.2 Å². The summed E-state index contributed by atoms with van der Waals surface area (Å²) in [6.07, 6.45) is 1.06. The zero-order chi connectivity index (χ0) is 22.5. The van der Waals surface area contributed by atoms with Gasteiger partial charge < -0.3 is 18.6 Å². The highest BCUT2D eigenvalue weighted by Crippen LogP contribution is 2.26. The molecule has 6 heteroatoms. The van der Waals surface area contributed by atoms with Crippen LogP contribution in [0.15, 0.2) is 88.3 Å². The number of carbonyl (C=O) groups excluding carboxylic acids is 1. The van der Waals surface area contributed by atoms with E-state index in [4.69, 9.17) is 18.6 Å². The van der Waals surface area contributed by atoms with Gasteiger partial charge in [0.1, 0.15) is 23.3 Å². The van der Waals surface area contributed by atoms with Gasteiger partial charge in [0.05, 0.1) is 11.5 Å². The molecule has 1 heterocycles. The van der Waals surface area contributed by atoms with Crippen molar-refractivity contribution in [1.29, 1.82) is 0 Å². The standard InChI is InChI=1S/C26H22O6/c1-17(2)31-25(27)16-29-21-12-13-22-23(14-21)30-15-24(26(22)28)32-20-10-8-19(9-11-20)18-6-4-3-5-7-18/h3-15,17H,16H2,1-2H3. The lowest BCUT2D eigenvalue weighted by Crippen LogP contribution is -2.18. The Hall–Kier alpha value is -4.06. The molecule has 0 fully saturated rings. The van der Waals surface area contributed by atoms with Gasteiger partial charge in [-0.05, 0) is 49.2 Å². The normalized spacial score (nSPS) is 10.8. The molecular formula is C26H22O6. The van der Waals surface area contributed by atoms with E-state index in [0.717, 1.165) is 11.1 Å². The second-order valence-electron chi connectivity index (χ2n) is 7.41. The molecule has 6 nitrogen and oxygen atoms in total. The van der Waals surface area contributed by atoms with E-state index in [1.165, 1.54) is 6.26 Å². The quantitative estimate of drug-likeness (QED) is 0.356. The highest BCUT2D eigenvalue weighted by atomic mass is 16.6. The summed E-state index contributed by atoms with van der Waals surface area (Å²) in [6.45, 7) is 3.30. The number of fused-ring (bicyclic) bond motifs is 1. The van der Waals surface area contributed by atoms with Crippen molar-refractivity contribution in [2.24, 2.45) is 0 Å². The molecular weight excluding hydrogens is 408 g/mol. The average Bonchev–Trinajstić information content (AvgIpc) is 2.80. The van der Waals surface area contributed by atoms with Crippen LogP contribution in [0.5, 0.6) is 17.2 Å². The first kappa shape index (κ1) is 21.2. The summed E-state index contributed by atoms with van der Waals surface area (Å²) in [4.78, 5) is 24.4. The fraction of sp³-hybridized carbons (Fsp3) is 0.154. The molecule has 1 aromatic heterocycles. The fourth-order valence-electron chi connectivity index (χ4n) is 3.16. The predicted octanol–water partition coefficient (Wildman–Crippen LogP) is 5.58. The Morgan fingerprint density at radius 1 is 0.906 bits per heavy atom. The Morgan fingerprint density at radius 3 is 2.31 bits per heavy atom. The Morgan fingerprint density at radius 2 is 1.59 bits per heavy atom. The maximum Gasteiger partial charge on any atom is 0.344 e. The van der Waals surface area contributed by atoms with E-state index in [0.29, 0.717) is 22.5 Å². The molecule has 0 amide bonds. The predicted molar refractivity (Wildman–Crippen MR) is 121 cm³/mol. The Balaban J connectivity index is 1.49. The third-order valence-electron chi connectivity index (χ3n) is 4.63. The van der Waals surface area contributed by atoms with Gasteiger partial charge in [0.15, 0.2) is 6.61 Å². The number of esters is 1. The minimum atomic E-state index is -0.469. The molecule has 0 aliphatic rings. The lowest BCUT2D eigenvalue weighted by molar-refractivity contribution is -0.149. The number of hydrogen-bond donors (Lipinski definition) is 0. The Bertz CT molecular complexity index is 1270. The Labute approximate surface area is 185 Å². The fourth-order valence-corrected chi connectivity index (χ4v) is 3.16. The summed E-state index contributed by atoms with van der Waals surface area (Å²) < 4.78 is 21.8. The maximum atomic E-state index is 12.8. The summed E-state index contributed by atoms with van der Waals surface area (Å²) in [5, 5.41) is 0.348. The van der Waals surface area contributed by atoms with Gasteiger partial charge in [-0.1, -0.05) is 42.5 Å². The van der Waals surface area contributed by atoms with Gasteiger partial charge in [-0.3, -0.25) is 4.79 Å². The molecule has 162 valence electrons. The lowest BCUT2D eigenvalue weighted by Gasteiger charge is -2.10. The van der Waals surface area contributed by atoms with Gasteiger partial charge in [-0.2, -0.15) is 0 Å². The van der Waals surface area contributed by atoms with Crippen LogP contribution in [0.3, 0.4) is 0 Å². The zero-order valence-electron chi connectivity index (χ0n) is 17.7. The first-order chi connectivity index (χ1) is 15.5. The number of hydrogen-bond acceptors (Lipinski definition) is 6. The zero-order valence-corrected chi connectivity index (χ0v) is 17.7. The van der Waals surface area contributed by atoms with Crippen molar-refractivity contribution < 1.29 is 23.4 Å². The number of ether oxygens (including phenoxy) is 3. The van der Waals surface area contributed by atoms with Gasteiger partial charge >= 0.3 is 5.97 Å². The Kier molecular flexibility index (Phi) is 6.22. The number of carbonyl (C=O) groups is 1. The van der Waals surface area contributed by atoms with Crippen LogP contribution in [0.25, 0.3) is 22.1 Å². The van der Waals surface area contributed by atoms with E-state index < -0.39 is 5.97 Å². The minimum Gasteiger partial charge on any atom is -0.482 e. The molecule has 0 saturated carbocycles. The molecule has 0 atom stereocenters. The largest absolute Gasteiger partial charge is 0.482 e. The molecule has 0 spiro atoms. The first-order valence-corrected chi connectivity index (χ1v) is 10.2. The van der Waals surface area contributed by atoms with Gasteiger partial charge in [-0.15, -0.1) is 0 Å². The highest BCUT2D eigenvalue weighted by Gasteiger charge is 2.12. The van der Waals surface area contributed by atoms with Crippen LogP contribution in [0.2, 0.25) is 0 Å². The van der Waals surface area contributed by atoms with Crippen LogP contribution in [-0.4, -0.2) is 18.7 Å². The molecule has 32 heavy (non-hydrogen) atoms. The van der Waals surface area contributed by atoms with E-state index in [9.17, 15) is 9.59 Å². The van der Waals surface area contributed by atoms with Crippen LogP contribution in [0, 0.1) is 0 Å². The SMILES string of the molecule is CC(C)OC(=O)COc1ccc2c(=O)c(Oc3ccc(-c4ccccc4)cc3)coc2c1. The molecule has 0 N–H and O–H groups in total. The van der Waals surface area contributed by atoms with E-state index in [2.05, 4.69) is 0 Å². The maximum absolute atomic E-state index is 12.8. The second kappa shape index (κ2) is 9.39. The summed E-state index contributed by atoms with van der Waals surface area (Å²) in [5.41, 5.74) is 2.17. The molecule has 0 saturated heterocycles. The van der Waals surface area contributed by atoms with Crippen LogP contribution in [0.4, 0.5) is 0 Å². The monoisotopic (exact) mass is 430 g/mol. The van der Waals surface area contributed by atoms with Crippen molar-refractivity contribution in [1.82, 2.24) is 0 Å². The first-order valence-electron chi connectivity index (χ1n) is 10.2. The molecule has 0 bridgehead atoms. The number of rotatable bonds is 7. The van der Waals surface area contributed by atoms with Crippen molar-refractivity contribution in [3.8, 4) is 28.4 Å². The summed E-state index contributed by atoms with van der Waals surface area (Å²) in [5.74, 6) is 0.536. The minimum absolute atomic E-state index is 0.0825. The summed E-state index contributed by atoms with van der Waals surface area (Å²) in [6, 6.07) is 22.2. The van der Waals surface area contributed by atoms with Crippen molar-refractivity contribution >= 4 is 16.9 Å². The number of benzene rings is 3. The molecule has 0 radical (unpaired) electrons. The molecule has 4 aromatic rings.